The number of aromatic hydroxyl groups is 1. The fraction of sp³-hybridized carbons (Fsp3) is 0.250. The van der Waals surface area contributed by atoms with E-state index < -0.39 is 6.09 Å². The van der Waals surface area contributed by atoms with Crippen molar-refractivity contribution in [3.63, 3.8) is 0 Å². The summed E-state index contributed by atoms with van der Waals surface area (Å²) in [5.41, 5.74) is 3.37. The van der Waals surface area contributed by atoms with Gasteiger partial charge in [-0.2, -0.15) is 0 Å². The molecular formula is C20H21N3O4. The van der Waals surface area contributed by atoms with Crippen LogP contribution in [0.2, 0.25) is 0 Å². The van der Waals surface area contributed by atoms with Crippen molar-refractivity contribution in [2.24, 2.45) is 0 Å². The van der Waals surface area contributed by atoms with Gasteiger partial charge in [0.1, 0.15) is 18.1 Å². The van der Waals surface area contributed by atoms with Crippen molar-refractivity contribution < 1.29 is 19.2 Å². The molecule has 0 spiro atoms. The summed E-state index contributed by atoms with van der Waals surface area (Å²) in [5, 5.41) is 13.7. The first-order chi connectivity index (χ1) is 13.0. The zero-order valence-corrected chi connectivity index (χ0v) is 15.5. The Morgan fingerprint density at radius 2 is 1.89 bits per heavy atom. The number of carbonyl (C=O) groups is 1. The Balaban J connectivity index is 1.72. The molecule has 3 aromatic rings. The average Bonchev–Trinajstić information content (AvgIpc) is 3.03. The molecule has 0 unspecified atom stereocenters. The molecule has 0 aliphatic carbocycles. The second kappa shape index (κ2) is 7.90. The van der Waals surface area contributed by atoms with E-state index in [0.717, 1.165) is 11.1 Å². The highest BCUT2D eigenvalue weighted by Crippen LogP contribution is 2.28. The van der Waals surface area contributed by atoms with E-state index >= 15 is 0 Å². The molecule has 7 nitrogen and oxygen atoms in total. The molecule has 0 radical (unpaired) electrons. The maximum atomic E-state index is 12.3. The Morgan fingerprint density at radius 3 is 2.59 bits per heavy atom. The van der Waals surface area contributed by atoms with Gasteiger partial charge < -0.3 is 19.3 Å². The first kappa shape index (κ1) is 18.4. The van der Waals surface area contributed by atoms with Crippen LogP contribution in [0.4, 0.5) is 4.79 Å². The molecule has 0 aliphatic rings. The molecule has 2 aromatic heterocycles. The van der Waals surface area contributed by atoms with E-state index in [9.17, 15) is 9.90 Å². The second-order valence-electron chi connectivity index (χ2n) is 6.27. The largest absolute Gasteiger partial charge is 0.506 e. The highest BCUT2D eigenvalue weighted by atomic mass is 16.6. The average molecular weight is 367 g/mol. The number of ether oxygens (including phenoxy) is 1. The van der Waals surface area contributed by atoms with Crippen molar-refractivity contribution in [1.82, 2.24) is 15.0 Å². The van der Waals surface area contributed by atoms with Gasteiger partial charge in [-0.05, 0) is 31.5 Å². The summed E-state index contributed by atoms with van der Waals surface area (Å²) in [6.45, 7) is 3.98. The molecule has 2 heterocycles. The van der Waals surface area contributed by atoms with E-state index in [0.29, 0.717) is 22.8 Å². The Hall–Kier alpha value is -3.35. The van der Waals surface area contributed by atoms with Crippen LogP contribution in [0.25, 0.3) is 11.5 Å². The van der Waals surface area contributed by atoms with Crippen LogP contribution in [0.5, 0.6) is 5.75 Å². The maximum absolute atomic E-state index is 12.3. The van der Waals surface area contributed by atoms with Gasteiger partial charge in [0.15, 0.2) is 5.76 Å². The molecule has 0 fully saturated rings. The number of aromatic nitrogens is 2. The quantitative estimate of drug-likeness (QED) is 0.737. The minimum Gasteiger partial charge on any atom is -0.506 e. The summed E-state index contributed by atoms with van der Waals surface area (Å²) < 4.78 is 10.8. The zero-order chi connectivity index (χ0) is 19.4. The Morgan fingerprint density at radius 1 is 1.15 bits per heavy atom. The van der Waals surface area contributed by atoms with Crippen molar-refractivity contribution >= 4 is 6.09 Å². The van der Waals surface area contributed by atoms with Crippen molar-refractivity contribution in [3.05, 3.63) is 65.0 Å². The number of carbonyl (C=O) groups excluding carboxylic acids is 1. The standard InChI is InChI=1S/C20H21N3O4/c1-13-16(19(27-22-13)17-9-10-18(24)14(2)21-17)11-23(3)20(25)26-12-15-7-5-4-6-8-15/h4-10,24H,11-12H2,1-3H3. The zero-order valence-electron chi connectivity index (χ0n) is 15.5. The van der Waals surface area contributed by atoms with Gasteiger partial charge >= 0.3 is 6.09 Å². The summed E-state index contributed by atoms with van der Waals surface area (Å²) in [6.07, 6.45) is -0.444. The lowest BCUT2D eigenvalue weighted by atomic mass is 10.1. The molecule has 0 saturated carbocycles. The Kier molecular flexibility index (Phi) is 5.40. The van der Waals surface area contributed by atoms with E-state index in [1.165, 1.54) is 4.90 Å². The molecule has 1 amide bonds. The summed E-state index contributed by atoms with van der Waals surface area (Å²) in [6, 6.07) is 12.7. The summed E-state index contributed by atoms with van der Waals surface area (Å²) in [7, 11) is 1.65. The van der Waals surface area contributed by atoms with Gasteiger partial charge in [-0.1, -0.05) is 35.5 Å². The van der Waals surface area contributed by atoms with Crippen LogP contribution in [0.15, 0.2) is 47.0 Å². The van der Waals surface area contributed by atoms with Gasteiger partial charge in [0.25, 0.3) is 0 Å². The number of pyridine rings is 1. The predicted molar refractivity (Wildman–Crippen MR) is 99.0 cm³/mol. The second-order valence-corrected chi connectivity index (χ2v) is 6.27. The smallest absolute Gasteiger partial charge is 0.410 e. The highest BCUT2D eigenvalue weighted by molar-refractivity contribution is 5.68. The van der Waals surface area contributed by atoms with Gasteiger partial charge in [-0.15, -0.1) is 0 Å². The molecule has 1 aromatic carbocycles. The summed E-state index contributed by atoms with van der Waals surface area (Å²) in [4.78, 5) is 18.1. The van der Waals surface area contributed by atoms with E-state index in [1.807, 2.05) is 30.3 Å². The fourth-order valence-corrected chi connectivity index (χ4v) is 2.59. The Bertz CT molecular complexity index is 938. The predicted octanol–water partition coefficient (Wildman–Crippen LogP) is 3.83. The van der Waals surface area contributed by atoms with E-state index in [2.05, 4.69) is 10.1 Å². The molecule has 7 heteroatoms. The van der Waals surface area contributed by atoms with Gasteiger partial charge in [-0.3, -0.25) is 0 Å². The Labute approximate surface area is 157 Å². The summed E-state index contributed by atoms with van der Waals surface area (Å²) in [5.74, 6) is 0.580. The first-order valence-electron chi connectivity index (χ1n) is 8.49. The monoisotopic (exact) mass is 367 g/mol. The molecule has 0 bridgehead atoms. The minimum absolute atomic E-state index is 0.109. The van der Waals surface area contributed by atoms with Crippen molar-refractivity contribution in [2.45, 2.75) is 27.0 Å². The lowest BCUT2D eigenvalue weighted by Gasteiger charge is -2.17. The van der Waals surface area contributed by atoms with E-state index in [-0.39, 0.29) is 18.9 Å². The highest BCUT2D eigenvalue weighted by Gasteiger charge is 2.21. The van der Waals surface area contributed by atoms with Crippen LogP contribution >= 0.6 is 0 Å². The molecule has 3 rings (SSSR count). The minimum atomic E-state index is -0.444. The third kappa shape index (κ3) is 4.25. The molecule has 140 valence electrons. The van der Waals surface area contributed by atoms with E-state index in [4.69, 9.17) is 9.26 Å². The van der Waals surface area contributed by atoms with Crippen LogP contribution in [-0.2, 0) is 17.9 Å². The number of amides is 1. The van der Waals surface area contributed by atoms with Gasteiger partial charge in [0.2, 0.25) is 0 Å². The van der Waals surface area contributed by atoms with Crippen LogP contribution in [0.1, 0.15) is 22.5 Å². The number of nitrogens with zero attached hydrogens (tertiary/aromatic N) is 3. The molecule has 0 saturated heterocycles. The van der Waals surface area contributed by atoms with Crippen LogP contribution in [0, 0.1) is 13.8 Å². The molecule has 1 N–H and O–H groups in total. The first-order valence-corrected chi connectivity index (χ1v) is 8.49. The number of hydrogen-bond acceptors (Lipinski definition) is 6. The van der Waals surface area contributed by atoms with Crippen LogP contribution in [-0.4, -0.2) is 33.3 Å². The lowest BCUT2D eigenvalue weighted by molar-refractivity contribution is 0.103. The SMILES string of the molecule is Cc1nc(-c2onc(C)c2CN(C)C(=O)OCc2ccccc2)ccc1O. The molecule has 0 atom stereocenters. The van der Waals surface area contributed by atoms with Gasteiger partial charge in [-0.25, -0.2) is 9.78 Å². The topological polar surface area (TPSA) is 88.7 Å². The van der Waals surface area contributed by atoms with E-state index in [1.54, 1.807) is 33.0 Å². The summed E-state index contributed by atoms with van der Waals surface area (Å²) >= 11 is 0. The third-order valence-electron chi connectivity index (χ3n) is 4.19. The molecular weight excluding hydrogens is 346 g/mol. The fourth-order valence-electron chi connectivity index (χ4n) is 2.59. The van der Waals surface area contributed by atoms with Crippen molar-refractivity contribution in [2.75, 3.05) is 7.05 Å². The number of rotatable bonds is 5. The van der Waals surface area contributed by atoms with Gasteiger partial charge in [0, 0.05) is 12.6 Å². The number of benzene rings is 1. The maximum Gasteiger partial charge on any atom is 0.410 e. The van der Waals surface area contributed by atoms with Crippen LogP contribution < -0.4 is 0 Å². The van der Waals surface area contributed by atoms with Gasteiger partial charge in [0.05, 0.1) is 17.9 Å². The van der Waals surface area contributed by atoms with Crippen molar-refractivity contribution in [3.8, 4) is 17.2 Å². The number of hydrogen-bond donors (Lipinski definition) is 1. The molecule has 27 heavy (non-hydrogen) atoms. The third-order valence-corrected chi connectivity index (χ3v) is 4.19. The lowest BCUT2D eigenvalue weighted by Crippen LogP contribution is -2.27. The van der Waals surface area contributed by atoms with Crippen LogP contribution in [0.3, 0.4) is 0 Å². The number of aryl methyl sites for hydroxylation is 2. The molecule has 0 aliphatic heterocycles. The normalized spacial score (nSPS) is 10.6. The van der Waals surface area contributed by atoms with Crippen molar-refractivity contribution in [1.29, 1.82) is 0 Å².